The van der Waals surface area contributed by atoms with Gasteiger partial charge in [-0.3, -0.25) is 20.4 Å². The van der Waals surface area contributed by atoms with Gasteiger partial charge in [-0.1, -0.05) is 12.1 Å². The Morgan fingerprint density at radius 2 is 1.92 bits per heavy atom. The summed E-state index contributed by atoms with van der Waals surface area (Å²) < 4.78 is 34.2. The molecule has 4 rings (SSSR count). The number of carbonyl (C=O) groups is 2. The number of nitrogens with two attached hydrogens (primary N) is 1. The lowest BCUT2D eigenvalue weighted by Gasteiger charge is -2.33. The summed E-state index contributed by atoms with van der Waals surface area (Å²) in [5.41, 5.74) is 6.36. The molecule has 1 fully saturated rings. The Hall–Kier alpha value is -4.13. The highest BCUT2D eigenvalue weighted by Crippen LogP contribution is 2.31. The van der Waals surface area contributed by atoms with Crippen molar-refractivity contribution in [2.75, 3.05) is 29.3 Å². The van der Waals surface area contributed by atoms with E-state index in [0.29, 0.717) is 48.8 Å². The summed E-state index contributed by atoms with van der Waals surface area (Å²) in [7, 11) is -4.30. The number of anilines is 2. The van der Waals surface area contributed by atoms with Crippen molar-refractivity contribution in [3.8, 4) is 5.75 Å². The highest BCUT2D eigenvalue weighted by molar-refractivity contribution is 7.91. The summed E-state index contributed by atoms with van der Waals surface area (Å²) in [4.78, 5) is 27.2. The fourth-order valence-corrected chi connectivity index (χ4v) is 5.27. The molecule has 2 heterocycles. The molecule has 0 atom stereocenters. The van der Waals surface area contributed by atoms with Crippen LogP contribution in [0.15, 0.2) is 42.5 Å². The smallest absolute Gasteiger partial charge is 0.326 e. The molecule has 0 bridgehead atoms. The molecule has 13 heteroatoms. The van der Waals surface area contributed by atoms with E-state index in [4.69, 9.17) is 21.3 Å². The Morgan fingerprint density at radius 1 is 1.19 bits per heavy atom. The molecule has 0 aliphatic carbocycles. The maximum absolute atomic E-state index is 12.7. The fourth-order valence-electron chi connectivity index (χ4n) is 4.11. The molecule has 0 radical (unpaired) electrons. The van der Waals surface area contributed by atoms with Gasteiger partial charge in [0.05, 0.1) is 17.1 Å². The van der Waals surface area contributed by atoms with E-state index in [1.165, 1.54) is 18.2 Å². The minimum absolute atomic E-state index is 0.0630. The van der Waals surface area contributed by atoms with Gasteiger partial charge in [0.25, 0.3) is 5.91 Å². The minimum Gasteiger partial charge on any atom is -0.490 e. The minimum atomic E-state index is -4.30. The van der Waals surface area contributed by atoms with Crippen molar-refractivity contribution >= 4 is 45.1 Å². The van der Waals surface area contributed by atoms with Crippen LogP contribution in [0.3, 0.4) is 0 Å². The van der Waals surface area contributed by atoms with Crippen molar-refractivity contribution in [1.29, 1.82) is 10.8 Å². The van der Waals surface area contributed by atoms with Crippen molar-refractivity contribution in [1.82, 2.24) is 9.62 Å². The highest BCUT2D eigenvalue weighted by Gasteiger charge is 2.36. The number of nitrogens with one attached hydrogen (secondary N) is 4. The number of hydrogen-bond acceptors (Lipinski definition) is 7. The van der Waals surface area contributed by atoms with E-state index in [9.17, 15) is 18.0 Å². The summed E-state index contributed by atoms with van der Waals surface area (Å²) in [5, 5.41) is 17.8. The number of likely N-dealkylation sites (tertiary alicyclic amines) is 1. The van der Waals surface area contributed by atoms with Crippen molar-refractivity contribution in [2.24, 2.45) is 5.73 Å². The SMILES string of the molecule is CC(=N)N1CCC(Oc2ccc3c(c2)C(=O)NS(=O)(=O)N3CC(=O)Nc2cccc(C(=N)N)c2)CC1. The molecular formula is C23H27N7O5S. The highest BCUT2D eigenvalue weighted by atomic mass is 32.2. The number of amidine groups is 2. The molecule has 0 aromatic heterocycles. The first-order valence-electron chi connectivity index (χ1n) is 11.2. The van der Waals surface area contributed by atoms with Gasteiger partial charge in [0.1, 0.15) is 24.2 Å². The van der Waals surface area contributed by atoms with Crippen LogP contribution < -0.4 is 24.8 Å². The molecule has 0 saturated carbocycles. The Bertz CT molecular complexity index is 1340. The third kappa shape index (κ3) is 5.40. The molecule has 1 saturated heterocycles. The first-order valence-corrected chi connectivity index (χ1v) is 12.7. The van der Waals surface area contributed by atoms with Gasteiger partial charge in [-0.25, -0.2) is 9.03 Å². The second-order valence-electron chi connectivity index (χ2n) is 8.55. The predicted octanol–water partition coefficient (Wildman–Crippen LogP) is 1.24. The van der Waals surface area contributed by atoms with Gasteiger partial charge in [0, 0.05) is 37.2 Å². The Morgan fingerprint density at radius 3 is 2.58 bits per heavy atom. The summed E-state index contributed by atoms with van der Waals surface area (Å²) >= 11 is 0. The summed E-state index contributed by atoms with van der Waals surface area (Å²) in [6, 6.07) is 10.8. The third-order valence-electron chi connectivity index (χ3n) is 5.96. The van der Waals surface area contributed by atoms with E-state index in [-0.39, 0.29) is 23.2 Å². The Balaban J connectivity index is 1.50. The number of piperidine rings is 1. The van der Waals surface area contributed by atoms with Crippen LogP contribution in [-0.2, 0) is 15.0 Å². The number of rotatable bonds is 6. The fraction of sp³-hybridized carbons (Fsp3) is 0.304. The van der Waals surface area contributed by atoms with Crippen LogP contribution in [0.4, 0.5) is 11.4 Å². The van der Waals surface area contributed by atoms with Crippen LogP contribution in [0, 0.1) is 10.8 Å². The first kappa shape index (κ1) is 25.0. The number of nitrogen functional groups attached to an aromatic ring is 1. The monoisotopic (exact) mass is 513 g/mol. The van der Waals surface area contributed by atoms with E-state index in [0.717, 1.165) is 4.31 Å². The van der Waals surface area contributed by atoms with Crippen LogP contribution in [0.5, 0.6) is 5.75 Å². The molecule has 2 aliphatic heterocycles. The van der Waals surface area contributed by atoms with Crippen molar-refractivity contribution < 1.29 is 22.7 Å². The van der Waals surface area contributed by atoms with Crippen molar-refractivity contribution in [3.63, 3.8) is 0 Å². The topological polar surface area (TPSA) is 182 Å². The number of nitrogens with zero attached hydrogens (tertiary/aromatic N) is 2. The van der Waals surface area contributed by atoms with E-state index in [1.54, 1.807) is 31.2 Å². The number of benzene rings is 2. The Labute approximate surface area is 208 Å². The summed E-state index contributed by atoms with van der Waals surface area (Å²) in [5.74, 6) is -0.699. The van der Waals surface area contributed by atoms with Gasteiger partial charge in [-0.15, -0.1) is 0 Å². The zero-order valence-corrected chi connectivity index (χ0v) is 20.4. The zero-order chi connectivity index (χ0) is 26.0. The molecule has 2 aromatic rings. The van der Waals surface area contributed by atoms with Gasteiger partial charge in [-0.2, -0.15) is 8.42 Å². The first-order chi connectivity index (χ1) is 17.0. The molecule has 2 aromatic carbocycles. The van der Waals surface area contributed by atoms with Crippen LogP contribution >= 0.6 is 0 Å². The molecule has 2 amide bonds. The van der Waals surface area contributed by atoms with Crippen LogP contribution in [0.1, 0.15) is 35.7 Å². The Kier molecular flexibility index (Phi) is 6.84. The molecule has 36 heavy (non-hydrogen) atoms. The number of amides is 2. The number of carbonyl (C=O) groups excluding carboxylic acids is 2. The molecule has 6 N–H and O–H groups in total. The predicted molar refractivity (Wildman–Crippen MR) is 135 cm³/mol. The lowest BCUT2D eigenvalue weighted by molar-refractivity contribution is -0.114. The van der Waals surface area contributed by atoms with E-state index >= 15 is 0 Å². The average molecular weight is 514 g/mol. The quantitative estimate of drug-likeness (QED) is 0.284. The molecule has 0 unspecified atom stereocenters. The van der Waals surface area contributed by atoms with Crippen LogP contribution in [0.2, 0.25) is 0 Å². The van der Waals surface area contributed by atoms with Gasteiger partial charge in [0.2, 0.25) is 5.91 Å². The second kappa shape index (κ2) is 9.85. The van der Waals surface area contributed by atoms with Gasteiger partial charge >= 0.3 is 10.2 Å². The van der Waals surface area contributed by atoms with Crippen molar-refractivity contribution in [3.05, 3.63) is 53.6 Å². The number of hydrogen-bond donors (Lipinski definition) is 5. The zero-order valence-electron chi connectivity index (χ0n) is 19.6. The lowest BCUT2D eigenvalue weighted by atomic mass is 10.1. The maximum Gasteiger partial charge on any atom is 0.326 e. The van der Waals surface area contributed by atoms with E-state index in [2.05, 4.69) is 5.32 Å². The number of ether oxygens (including phenoxy) is 1. The molecule has 0 spiro atoms. The lowest BCUT2D eigenvalue weighted by Crippen LogP contribution is -2.51. The van der Waals surface area contributed by atoms with Crippen LogP contribution in [0.25, 0.3) is 0 Å². The van der Waals surface area contributed by atoms with E-state index in [1.807, 2.05) is 9.62 Å². The molecular weight excluding hydrogens is 486 g/mol. The summed E-state index contributed by atoms with van der Waals surface area (Å²) in [6.07, 6.45) is 1.33. The molecule has 2 aliphatic rings. The third-order valence-corrected chi connectivity index (χ3v) is 7.31. The standard InChI is InChI=1S/C23H27N7O5S/c1-14(24)29-9-7-17(8-10-29)35-18-5-6-20-19(12-18)23(32)28-36(33,34)30(20)13-21(31)27-16-4-2-3-15(11-16)22(25)26/h2-6,11-12,17,24H,7-10,13H2,1H3,(H3,25,26)(H,27,31)(H,28,32). The van der Waals surface area contributed by atoms with Gasteiger partial charge in [-0.05, 0) is 37.3 Å². The largest absolute Gasteiger partial charge is 0.490 e. The molecule has 12 nitrogen and oxygen atoms in total. The van der Waals surface area contributed by atoms with E-state index < -0.39 is 28.6 Å². The maximum atomic E-state index is 12.7. The number of fused-ring (bicyclic) bond motifs is 1. The average Bonchev–Trinajstić information content (AvgIpc) is 2.82. The van der Waals surface area contributed by atoms with Gasteiger partial charge < -0.3 is 20.7 Å². The van der Waals surface area contributed by atoms with Crippen LogP contribution in [-0.4, -0.2) is 62.5 Å². The molecule has 190 valence electrons. The second-order valence-corrected chi connectivity index (χ2v) is 10.1. The van der Waals surface area contributed by atoms with Crippen molar-refractivity contribution in [2.45, 2.75) is 25.9 Å². The normalized spacial score (nSPS) is 17.1. The summed E-state index contributed by atoms with van der Waals surface area (Å²) in [6.45, 7) is 2.55. The van der Waals surface area contributed by atoms with Gasteiger partial charge in [0.15, 0.2) is 0 Å².